The minimum Gasteiger partial charge on any atom is -0.481 e. The van der Waals surface area contributed by atoms with Gasteiger partial charge in [-0.05, 0) is 49.3 Å². The van der Waals surface area contributed by atoms with Gasteiger partial charge in [0, 0.05) is 63.6 Å². The number of carboxylic acid groups (broad SMARTS) is 1. The maximum absolute atomic E-state index is 14.5. The number of methoxy groups -OCH3 is 1. The van der Waals surface area contributed by atoms with E-state index in [-0.39, 0.29) is 66.5 Å². The third-order valence-corrected chi connectivity index (χ3v) is 12.4. The topological polar surface area (TPSA) is 210 Å². The fourth-order valence-electron chi connectivity index (χ4n) is 6.77. The number of carboxylic acids is 1. The van der Waals surface area contributed by atoms with E-state index in [0.717, 1.165) is 42.0 Å². The van der Waals surface area contributed by atoms with Crippen molar-refractivity contribution in [3.05, 3.63) is 83.2 Å². The molecule has 0 spiro atoms. The molecule has 3 amide bonds. The Kier molecular flexibility index (Phi) is 24.7. The van der Waals surface area contributed by atoms with Crippen molar-refractivity contribution in [1.82, 2.24) is 13.8 Å². The molecule has 0 saturated heterocycles. The number of carbonyl (C=O) groups is 4. The zero-order valence-electron chi connectivity index (χ0n) is 39.4. The monoisotopic (exact) mass is 1040 g/mol. The number of alkyl halides is 3. The molecule has 2 aliphatic heterocycles. The number of hydrogen-bond acceptors (Lipinski definition) is 11. The molecule has 22 heteroatoms. The molecule has 3 atom stereocenters. The number of amides is 3. The van der Waals surface area contributed by atoms with Gasteiger partial charge in [0.05, 0.1) is 30.6 Å². The minimum atomic E-state index is -3.10. The second-order valence-corrected chi connectivity index (χ2v) is 21.1. The highest BCUT2D eigenvalue weighted by molar-refractivity contribution is 7.57. The van der Waals surface area contributed by atoms with E-state index < -0.39 is 30.0 Å². The van der Waals surface area contributed by atoms with Crippen LogP contribution in [-0.4, -0.2) is 123 Å². The fraction of sp³-hybridized carbons (Fsp3) is 0.478. The first-order chi connectivity index (χ1) is 31.9. The van der Waals surface area contributed by atoms with Crippen molar-refractivity contribution in [2.45, 2.75) is 77.3 Å². The van der Waals surface area contributed by atoms with Gasteiger partial charge in [0.2, 0.25) is 10.7 Å². The predicted octanol–water partition coefficient (Wildman–Crippen LogP) is 7.10. The van der Waals surface area contributed by atoms with E-state index >= 15 is 0 Å². The van der Waals surface area contributed by atoms with Crippen LogP contribution in [0.25, 0.3) is 0 Å². The molecule has 374 valence electrons. The normalized spacial score (nSPS) is 15.2. The van der Waals surface area contributed by atoms with Crippen LogP contribution in [0.4, 0.5) is 21.5 Å². The van der Waals surface area contributed by atoms with Gasteiger partial charge in [-0.3, -0.25) is 28.6 Å². The summed E-state index contributed by atoms with van der Waals surface area (Å²) in [7, 11) is -1.47. The zero-order valence-corrected chi connectivity index (χ0v) is 43.4. The van der Waals surface area contributed by atoms with E-state index in [0.29, 0.717) is 35.9 Å². The Morgan fingerprint density at radius 3 is 2.41 bits per heavy atom. The number of halogens is 4. The molecule has 1 aromatic heterocycles. The number of para-hydroxylation sites is 1. The standard InChI is InChI=1S/C18H17FN4O2S.C15H22ClNO2.C8H11Cl2NO.C5H12NO4P/c1-4-5-22-13-7-12(11(19)6-14(13)25-9-16(22)24)20-17-23-10-18(2,3)8-15(23)21-26-17;1-5-13-8-6-7-11(2)15(13)17(14(18)9-16)12(3)10-19-4;1-3-5-11(6-4-2)8(12)7(9)10;1-11(9,10)3-2-4(6)5(7)8/h1,6-7H,5,8-10H2,2-3H3;6-8,12H,5,9-10H2,1-4H3;3-4,7H,1-2,5-6H2;4H,2-3,6H2,1H3,(H,7,8)(H,9,10). The van der Waals surface area contributed by atoms with Crippen LogP contribution in [0, 0.1) is 30.5 Å². The number of benzene rings is 2. The lowest BCUT2D eigenvalue weighted by atomic mass is 9.92. The van der Waals surface area contributed by atoms with Crippen LogP contribution in [0.5, 0.6) is 5.75 Å². The number of terminal acetylenes is 1. The lowest BCUT2D eigenvalue weighted by molar-refractivity contribution is -0.138. The third kappa shape index (κ3) is 18.1. The molecule has 2 aliphatic rings. The SMILES string of the molecule is C#CCN1C(=O)COc2cc(F)c(N=c3snc4n3CC(C)(C)C4)cc21.C=CCN(CC=C)C(=O)C(Cl)Cl.CCc1cccc(C)c1N(C(=O)CCl)C(C)COC.CP(=O)(O)CCC(N)C(=O)O. The number of rotatable bonds is 17. The molecule has 0 bridgehead atoms. The molecular formula is C46H62Cl3FN7O9PS. The quantitative estimate of drug-likeness (QED) is 0.0538. The average molecular weight is 1050 g/mol. The second-order valence-electron chi connectivity index (χ2n) is 16.4. The number of aryl methyl sites for hydroxylation is 2. The minimum absolute atomic E-state index is 0.0223. The summed E-state index contributed by atoms with van der Waals surface area (Å²) in [5.41, 5.74) is 8.98. The van der Waals surface area contributed by atoms with Gasteiger partial charge in [0.25, 0.3) is 11.8 Å². The number of hydrogen-bond donors (Lipinski definition) is 3. The van der Waals surface area contributed by atoms with E-state index in [1.807, 2.05) is 30.5 Å². The Bertz CT molecular complexity index is 2390. The van der Waals surface area contributed by atoms with Gasteiger partial charge in [-0.2, -0.15) is 4.37 Å². The largest absolute Gasteiger partial charge is 0.481 e. The highest BCUT2D eigenvalue weighted by atomic mass is 35.5. The van der Waals surface area contributed by atoms with Crippen LogP contribution >= 0.6 is 53.7 Å². The van der Waals surface area contributed by atoms with E-state index in [4.69, 9.17) is 66.4 Å². The van der Waals surface area contributed by atoms with E-state index in [1.54, 1.807) is 24.2 Å². The molecule has 5 rings (SSSR count). The molecule has 3 aromatic rings. The molecule has 0 fully saturated rings. The molecule has 68 heavy (non-hydrogen) atoms. The molecule has 2 aromatic carbocycles. The van der Waals surface area contributed by atoms with Gasteiger partial charge in [-0.1, -0.05) is 80.2 Å². The number of aromatic nitrogens is 2. The first-order valence-electron chi connectivity index (χ1n) is 21.2. The third-order valence-electron chi connectivity index (χ3n) is 9.98. The first kappa shape index (κ1) is 59.6. The van der Waals surface area contributed by atoms with Crippen LogP contribution in [-0.2, 0) is 47.9 Å². The van der Waals surface area contributed by atoms with Crippen molar-refractivity contribution in [1.29, 1.82) is 0 Å². The molecule has 4 N–H and O–H groups in total. The number of anilines is 2. The van der Waals surface area contributed by atoms with E-state index in [2.05, 4.69) is 55.3 Å². The maximum atomic E-state index is 14.5. The fourth-order valence-corrected chi connectivity index (χ4v) is 8.69. The lowest BCUT2D eigenvalue weighted by Crippen LogP contribution is -2.43. The smallest absolute Gasteiger partial charge is 0.320 e. The number of ether oxygens (including phenoxy) is 2. The highest BCUT2D eigenvalue weighted by Crippen LogP contribution is 2.38. The number of nitrogens with zero attached hydrogens (tertiary/aromatic N) is 6. The molecular weight excluding hydrogens is 983 g/mol. The molecule has 0 aliphatic carbocycles. The van der Waals surface area contributed by atoms with Crippen molar-refractivity contribution in [3.63, 3.8) is 0 Å². The number of carbonyl (C=O) groups excluding carboxylic acids is 3. The van der Waals surface area contributed by atoms with Crippen LogP contribution in [0.2, 0.25) is 0 Å². The van der Waals surface area contributed by atoms with E-state index in [9.17, 15) is 28.1 Å². The Morgan fingerprint density at radius 1 is 1.24 bits per heavy atom. The van der Waals surface area contributed by atoms with Gasteiger partial charge in [-0.15, -0.1) is 31.2 Å². The molecule has 0 saturated carbocycles. The molecule has 16 nitrogen and oxygen atoms in total. The lowest BCUT2D eigenvalue weighted by Gasteiger charge is -2.31. The van der Waals surface area contributed by atoms with Gasteiger partial charge in [0.1, 0.15) is 29.2 Å². The maximum Gasteiger partial charge on any atom is 0.320 e. The van der Waals surface area contributed by atoms with Crippen molar-refractivity contribution < 1.29 is 47.6 Å². The van der Waals surface area contributed by atoms with Crippen molar-refractivity contribution >= 4 is 94.5 Å². The summed E-state index contributed by atoms with van der Waals surface area (Å²) in [5.74, 6) is 1.35. The molecule has 0 radical (unpaired) electrons. The summed E-state index contributed by atoms with van der Waals surface area (Å²) < 4.78 is 42.1. The molecule has 3 heterocycles. The number of nitrogens with two attached hydrogens (primary N) is 1. The van der Waals surface area contributed by atoms with Crippen molar-refractivity contribution in [2.75, 3.05) is 68.5 Å². The summed E-state index contributed by atoms with van der Waals surface area (Å²) in [5, 5.41) is 8.28. The number of fused-ring (bicyclic) bond motifs is 2. The van der Waals surface area contributed by atoms with Gasteiger partial charge in [0.15, 0.2) is 24.6 Å². The Hall–Kier alpha value is -4.57. The summed E-state index contributed by atoms with van der Waals surface area (Å²) in [6.07, 6.45) is 10.3. The summed E-state index contributed by atoms with van der Waals surface area (Å²) in [6.45, 7) is 20.7. The van der Waals surface area contributed by atoms with Crippen LogP contribution in [0.1, 0.15) is 51.1 Å². The van der Waals surface area contributed by atoms with Crippen LogP contribution in [0.3, 0.4) is 0 Å². The Morgan fingerprint density at radius 2 is 1.88 bits per heavy atom. The van der Waals surface area contributed by atoms with Gasteiger partial charge in [-0.25, -0.2) is 9.38 Å². The molecule has 3 unspecified atom stereocenters. The predicted molar refractivity (Wildman–Crippen MR) is 269 cm³/mol. The average Bonchev–Trinajstić information content (AvgIpc) is 3.79. The summed E-state index contributed by atoms with van der Waals surface area (Å²) >= 11 is 17.8. The zero-order chi connectivity index (χ0) is 51.5. The van der Waals surface area contributed by atoms with Crippen LogP contribution in [0.15, 0.2) is 60.6 Å². The van der Waals surface area contributed by atoms with Gasteiger partial charge >= 0.3 is 5.97 Å². The van der Waals surface area contributed by atoms with Gasteiger partial charge < -0.3 is 39.6 Å². The number of aliphatic carboxylic acids is 1. The highest BCUT2D eigenvalue weighted by Gasteiger charge is 2.32. The van der Waals surface area contributed by atoms with E-state index in [1.165, 1.54) is 40.1 Å². The van der Waals surface area contributed by atoms with Crippen molar-refractivity contribution in [2.24, 2.45) is 16.1 Å². The second kappa shape index (κ2) is 28.2. The van der Waals surface area contributed by atoms with Crippen molar-refractivity contribution in [3.8, 4) is 18.1 Å². The summed E-state index contributed by atoms with van der Waals surface area (Å²) in [6, 6.07) is 7.77. The van der Waals surface area contributed by atoms with Crippen LogP contribution < -0.4 is 25.1 Å². The Balaban J connectivity index is 0.000000334. The summed E-state index contributed by atoms with van der Waals surface area (Å²) in [4.78, 5) is 63.0. The Labute approximate surface area is 417 Å². The first-order valence-corrected chi connectivity index (χ1v) is 25.7.